The number of benzene rings is 5. The molecule has 5 aromatic rings. The maximum Gasteiger partial charge on any atom is 0.125 e. The van der Waals surface area contributed by atoms with E-state index < -0.39 is 0 Å². The smallest absolute Gasteiger partial charge is 0.125 e. The van der Waals surface area contributed by atoms with E-state index in [1.165, 1.54) is 12.1 Å². The molecule has 1 aliphatic heterocycles. The summed E-state index contributed by atoms with van der Waals surface area (Å²) in [5.74, 6) is -0.346. The molecule has 6 nitrogen and oxygen atoms in total. The van der Waals surface area contributed by atoms with Crippen molar-refractivity contribution in [1.29, 1.82) is 0 Å². The Hall–Kier alpha value is -4.65. The van der Waals surface area contributed by atoms with Gasteiger partial charge >= 0.3 is 0 Å². The Morgan fingerprint density at radius 1 is 0.583 bits per heavy atom. The summed E-state index contributed by atoms with van der Waals surface area (Å²) in [5.41, 5.74) is 4.56. The van der Waals surface area contributed by atoms with Crippen molar-refractivity contribution in [3.8, 4) is 0 Å². The number of nitrogens with one attached hydrogen (secondary N) is 2. The van der Waals surface area contributed by atoms with Crippen molar-refractivity contribution >= 4 is 55.7 Å². The van der Waals surface area contributed by atoms with E-state index in [0.29, 0.717) is 11.4 Å². The summed E-state index contributed by atoms with van der Waals surface area (Å²) in [6.45, 7) is 4.21. The molecule has 6 rings (SSSR count). The van der Waals surface area contributed by atoms with Gasteiger partial charge in [-0.1, -0.05) is 42.5 Å². The second-order valence-corrected chi connectivity index (χ2v) is 9.26. The van der Waals surface area contributed by atoms with Gasteiger partial charge in [0.1, 0.15) is 11.5 Å². The fraction of sp³-hybridized carbons (Fsp3) is 0.103. The highest BCUT2D eigenvalue weighted by molar-refractivity contribution is 6.09. The molecule has 1 heterocycles. The SMILES string of the molecule is CC1(C)Nc2cccc3c(N=Nc4ccc(N=Nc5cccc(F)c5)c5ccccc45)ccc(c23)N1. The number of hydrogen-bond donors (Lipinski definition) is 2. The third-order valence-corrected chi connectivity index (χ3v) is 6.14. The van der Waals surface area contributed by atoms with Crippen LogP contribution in [0.4, 0.5) is 38.5 Å². The van der Waals surface area contributed by atoms with E-state index in [1.54, 1.807) is 12.1 Å². The van der Waals surface area contributed by atoms with E-state index in [4.69, 9.17) is 0 Å². The summed E-state index contributed by atoms with van der Waals surface area (Å²) in [6.07, 6.45) is 0. The summed E-state index contributed by atoms with van der Waals surface area (Å²) >= 11 is 0. The van der Waals surface area contributed by atoms with Gasteiger partial charge in [0.15, 0.2) is 0 Å². The molecular weight excluding hydrogens is 451 g/mol. The molecule has 0 atom stereocenters. The third kappa shape index (κ3) is 4.05. The number of anilines is 2. The van der Waals surface area contributed by atoms with Crippen molar-refractivity contribution in [3.63, 3.8) is 0 Å². The minimum absolute atomic E-state index is 0.239. The van der Waals surface area contributed by atoms with Gasteiger partial charge in [0.2, 0.25) is 0 Å². The molecular formula is C29H23FN6. The topological polar surface area (TPSA) is 73.5 Å². The molecule has 0 aromatic heterocycles. The van der Waals surface area contributed by atoms with Crippen LogP contribution in [-0.4, -0.2) is 5.66 Å². The molecule has 0 amide bonds. The summed E-state index contributed by atoms with van der Waals surface area (Å²) in [7, 11) is 0. The first kappa shape index (κ1) is 21.9. The lowest BCUT2D eigenvalue weighted by atomic mass is 10.00. The molecule has 0 radical (unpaired) electrons. The fourth-order valence-corrected chi connectivity index (χ4v) is 4.59. The number of halogens is 1. The molecule has 1 aliphatic rings. The Morgan fingerprint density at radius 3 is 1.83 bits per heavy atom. The van der Waals surface area contributed by atoms with Gasteiger partial charge in [0, 0.05) is 39.0 Å². The van der Waals surface area contributed by atoms with Crippen molar-refractivity contribution in [2.24, 2.45) is 20.5 Å². The summed E-state index contributed by atoms with van der Waals surface area (Å²) in [5, 5.41) is 28.8. The van der Waals surface area contributed by atoms with Crippen molar-refractivity contribution in [2.45, 2.75) is 19.5 Å². The van der Waals surface area contributed by atoms with E-state index in [9.17, 15) is 4.39 Å². The number of rotatable bonds is 4. The minimum atomic E-state index is -0.346. The molecule has 2 N–H and O–H groups in total. The summed E-state index contributed by atoms with van der Waals surface area (Å²) < 4.78 is 13.5. The average molecular weight is 475 g/mol. The zero-order chi connectivity index (χ0) is 24.7. The van der Waals surface area contributed by atoms with Gasteiger partial charge in [0.05, 0.1) is 22.7 Å². The zero-order valence-corrected chi connectivity index (χ0v) is 19.8. The molecule has 0 saturated carbocycles. The Labute approximate surface area is 207 Å². The Kier molecular flexibility index (Phi) is 5.18. The monoisotopic (exact) mass is 474 g/mol. The van der Waals surface area contributed by atoms with Gasteiger partial charge in [-0.25, -0.2) is 4.39 Å². The zero-order valence-electron chi connectivity index (χ0n) is 19.8. The number of azo groups is 2. The maximum absolute atomic E-state index is 13.5. The van der Waals surface area contributed by atoms with Crippen LogP contribution in [0.25, 0.3) is 21.5 Å². The van der Waals surface area contributed by atoms with E-state index >= 15 is 0 Å². The first-order chi connectivity index (χ1) is 17.5. The standard InChI is InChI=1S/C29H23FN6/c1-29(2)31-26-12-6-11-22-25(15-16-27(32-29)28(22)26)36-35-24-14-13-23(20-9-3-4-10-21(20)24)34-33-19-8-5-7-18(30)17-19/h3-17,31-32H,1-2H3. The third-order valence-electron chi connectivity index (χ3n) is 6.14. The molecule has 0 bridgehead atoms. The highest BCUT2D eigenvalue weighted by Gasteiger charge is 2.25. The lowest BCUT2D eigenvalue weighted by Gasteiger charge is -2.36. The Morgan fingerprint density at radius 2 is 1.14 bits per heavy atom. The van der Waals surface area contributed by atoms with E-state index in [2.05, 4.69) is 63.1 Å². The van der Waals surface area contributed by atoms with Crippen LogP contribution in [-0.2, 0) is 0 Å². The first-order valence-electron chi connectivity index (χ1n) is 11.7. The number of nitrogens with zero attached hydrogens (tertiary/aromatic N) is 4. The minimum Gasteiger partial charge on any atom is -0.363 e. The lowest BCUT2D eigenvalue weighted by molar-refractivity contribution is 0.628. The van der Waals surface area contributed by atoms with Gasteiger partial charge in [-0.2, -0.15) is 5.11 Å². The van der Waals surface area contributed by atoms with Gasteiger partial charge in [-0.3, -0.25) is 0 Å². The van der Waals surface area contributed by atoms with Crippen LogP contribution in [0, 0.1) is 5.82 Å². The van der Waals surface area contributed by atoms with Crippen LogP contribution in [0.5, 0.6) is 0 Å². The molecule has 0 spiro atoms. The predicted molar refractivity (Wildman–Crippen MR) is 144 cm³/mol. The average Bonchev–Trinajstić information content (AvgIpc) is 2.87. The molecule has 0 unspecified atom stereocenters. The van der Waals surface area contributed by atoms with Crippen molar-refractivity contribution in [2.75, 3.05) is 10.6 Å². The highest BCUT2D eigenvalue weighted by Crippen LogP contribution is 2.42. The molecule has 176 valence electrons. The van der Waals surface area contributed by atoms with Gasteiger partial charge in [-0.05, 0) is 56.3 Å². The largest absolute Gasteiger partial charge is 0.363 e. The van der Waals surface area contributed by atoms with Crippen molar-refractivity contribution in [1.82, 2.24) is 0 Å². The normalized spacial score (nSPS) is 14.4. The molecule has 0 aliphatic carbocycles. The van der Waals surface area contributed by atoms with Gasteiger partial charge < -0.3 is 10.6 Å². The van der Waals surface area contributed by atoms with Crippen LogP contribution in [0.1, 0.15) is 13.8 Å². The molecule has 0 saturated heterocycles. The first-order valence-corrected chi connectivity index (χ1v) is 11.7. The maximum atomic E-state index is 13.5. The number of fused-ring (bicyclic) bond motifs is 1. The summed E-state index contributed by atoms with van der Waals surface area (Å²) in [6, 6.07) is 27.9. The Balaban J connectivity index is 1.38. The molecule has 0 fully saturated rings. The van der Waals surface area contributed by atoms with Crippen LogP contribution >= 0.6 is 0 Å². The highest BCUT2D eigenvalue weighted by atomic mass is 19.1. The second-order valence-electron chi connectivity index (χ2n) is 9.26. The predicted octanol–water partition coefficient (Wildman–Crippen LogP) is 9.54. The number of hydrogen-bond acceptors (Lipinski definition) is 6. The molecule has 36 heavy (non-hydrogen) atoms. The fourth-order valence-electron chi connectivity index (χ4n) is 4.59. The van der Waals surface area contributed by atoms with Crippen molar-refractivity contribution in [3.05, 3.63) is 96.8 Å². The second kappa shape index (κ2) is 8.53. The van der Waals surface area contributed by atoms with E-state index in [1.807, 2.05) is 48.5 Å². The van der Waals surface area contributed by atoms with Crippen LogP contribution < -0.4 is 10.6 Å². The van der Waals surface area contributed by atoms with Crippen LogP contribution in [0.15, 0.2) is 111 Å². The van der Waals surface area contributed by atoms with Crippen molar-refractivity contribution < 1.29 is 4.39 Å². The van der Waals surface area contributed by atoms with Gasteiger partial charge in [-0.15, -0.1) is 15.3 Å². The quantitative estimate of drug-likeness (QED) is 0.255. The lowest BCUT2D eigenvalue weighted by Crippen LogP contribution is -2.41. The Bertz CT molecular complexity index is 1670. The van der Waals surface area contributed by atoms with Crippen LogP contribution in [0.2, 0.25) is 0 Å². The van der Waals surface area contributed by atoms with Gasteiger partial charge in [0.25, 0.3) is 0 Å². The molecule has 5 aromatic carbocycles. The van der Waals surface area contributed by atoms with E-state index in [-0.39, 0.29) is 11.5 Å². The molecule has 7 heteroatoms. The summed E-state index contributed by atoms with van der Waals surface area (Å²) in [4.78, 5) is 0. The van der Waals surface area contributed by atoms with E-state index in [0.717, 1.165) is 44.3 Å². The van der Waals surface area contributed by atoms with Crippen LogP contribution in [0.3, 0.4) is 0 Å².